The predicted molar refractivity (Wildman–Crippen MR) is 97.1 cm³/mol. The third kappa shape index (κ3) is 2.93. The van der Waals surface area contributed by atoms with Crippen molar-refractivity contribution < 1.29 is 18.3 Å². The Hall–Kier alpha value is -2.61. The Kier molecular flexibility index (Phi) is 4.30. The van der Waals surface area contributed by atoms with Gasteiger partial charge in [-0.25, -0.2) is 18.6 Å². The first-order valence-corrected chi connectivity index (χ1v) is 9.37. The van der Waals surface area contributed by atoms with Gasteiger partial charge < -0.3 is 4.74 Å². The number of thiophene rings is 1. The van der Waals surface area contributed by atoms with Gasteiger partial charge in [0.05, 0.1) is 5.39 Å². The van der Waals surface area contributed by atoms with Crippen molar-refractivity contribution in [1.82, 2.24) is 9.55 Å². The van der Waals surface area contributed by atoms with Crippen LogP contribution in [-0.2, 0) is 17.7 Å². The quantitative estimate of drug-likeness (QED) is 0.636. The van der Waals surface area contributed by atoms with Gasteiger partial charge in [0, 0.05) is 24.6 Å². The fourth-order valence-corrected chi connectivity index (χ4v) is 4.45. The number of carbonyl (C=O) groups is 1. The summed E-state index contributed by atoms with van der Waals surface area (Å²) in [5, 5.41) is 0.429. The molecule has 1 unspecified atom stereocenters. The third-order valence-electron chi connectivity index (χ3n) is 4.78. The number of esters is 1. The van der Waals surface area contributed by atoms with E-state index in [9.17, 15) is 18.4 Å². The summed E-state index contributed by atoms with van der Waals surface area (Å²) in [6.07, 6.45) is 0.721. The van der Waals surface area contributed by atoms with Crippen LogP contribution in [0.25, 0.3) is 10.2 Å². The number of halogens is 2. The summed E-state index contributed by atoms with van der Waals surface area (Å²) in [7, 11) is 0. The molecule has 0 saturated heterocycles. The molecule has 1 aliphatic rings. The van der Waals surface area contributed by atoms with E-state index >= 15 is 0 Å². The minimum absolute atomic E-state index is 0.0840. The zero-order valence-corrected chi connectivity index (χ0v) is 15.5. The molecule has 0 aliphatic carbocycles. The van der Waals surface area contributed by atoms with Gasteiger partial charge >= 0.3 is 5.97 Å². The lowest BCUT2D eigenvalue weighted by molar-refractivity contribution is 0.0336. The van der Waals surface area contributed by atoms with Crippen molar-refractivity contribution in [3.05, 3.63) is 62.0 Å². The zero-order chi connectivity index (χ0) is 19.3. The molecule has 140 valence electrons. The van der Waals surface area contributed by atoms with E-state index in [0.29, 0.717) is 22.3 Å². The first-order chi connectivity index (χ1) is 12.9. The number of nitrogens with zero attached hydrogens (tertiary/aromatic N) is 2. The number of aryl methyl sites for hydroxylation is 2. The second kappa shape index (κ2) is 6.53. The smallest absolute Gasteiger partial charge is 0.349 e. The molecule has 0 spiro atoms. The Balaban J connectivity index is 1.68. The van der Waals surface area contributed by atoms with Crippen molar-refractivity contribution >= 4 is 27.5 Å². The molecule has 5 nitrogen and oxygen atoms in total. The van der Waals surface area contributed by atoms with Crippen LogP contribution in [0.1, 0.15) is 46.1 Å². The van der Waals surface area contributed by atoms with Crippen molar-refractivity contribution in [2.24, 2.45) is 0 Å². The van der Waals surface area contributed by atoms with E-state index in [1.54, 1.807) is 11.5 Å². The van der Waals surface area contributed by atoms with Gasteiger partial charge in [0.2, 0.25) is 0 Å². The summed E-state index contributed by atoms with van der Waals surface area (Å²) in [5.41, 5.74) is 0.463. The number of benzene rings is 1. The number of ether oxygens (including phenoxy) is 1. The predicted octanol–water partition coefficient (Wildman–Crippen LogP) is 3.91. The van der Waals surface area contributed by atoms with Crippen molar-refractivity contribution in [3.63, 3.8) is 0 Å². The number of carbonyl (C=O) groups excluding carboxylic acids is 1. The van der Waals surface area contributed by atoms with Crippen LogP contribution in [-0.4, -0.2) is 15.5 Å². The molecule has 1 atom stereocenters. The Bertz CT molecular complexity index is 1140. The van der Waals surface area contributed by atoms with Gasteiger partial charge in [0.25, 0.3) is 5.56 Å². The summed E-state index contributed by atoms with van der Waals surface area (Å²) in [4.78, 5) is 30.6. The van der Waals surface area contributed by atoms with E-state index in [1.165, 1.54) is 13.0 Å². The molecule has 1 aliphatic heterocycles. The molecule has 8 heteroatoms. The number of rotatable bonds is 3. The van der Waals surface area contributed by atoms with Crippen LogP contribution in [0.15, 0.2) is 23.0 Å². The minimum atomic E-state index is -0.901. The number of fused-ring (bicyclic) bond motifs is 2. The third-order valence-corrected chi connectivity index (χ3v) is 5.95. The molecule has 0 amide bonds. The minimum Gasteiger partial charge on any atom is -0.453 e. The normalized spacial score (nSPS) is 14.4. The molecule has 3 heterocycles. The standard InChI is InChI=1S/C19H16F2N2O3S/c1-9-15-17(22-14-4-3-7-23(14)18(15)24)27-16(9)19(25)26-10(2)12-6-5-11(20)8-13(12)21/h5-6,8,10H,3-4,7H2,1-2H3. The summed E-state index contributed by atoms with van der Waals surface area (Å²) in [6.45, 7) is 3.83. The SMILES string of the molecule is Cc1c(C(=O)OC(C)c2ccc(F)cc2F)sc2nc3n(c(=O)c12)CCC3. The number of aromatic nitrogens is 2. The molecule has 1 aromatic carbocycles. The first kappa shape index (κ1) is 17.8. The summed E-state index contributed by atoms with van der Waals surface area (Å²) >= 11 is 1.10. The molecule has 0 saturated carbocycles. The molecule has 4 rings (SSSR count). The Morgan fingerprint density at radius 1 is 1.37 bits per heavy atom. The molecule has 0 bridgehead atoms. The Labute approximate surface area is 157 Å². The number of hydrogen-bond acceptors (Lipinski definition) is 5. The van der Waals surface area contributed by atoms with Crippen LogP contribution < -0.4 is 5.56 Å². The summed E-state index contributed by atoms with van der Waals surface area (Å²) in [5.74, 6) is -1.40. The van der Waals surface area contributed by atoms with Crippen LogP contribution in [0.5, 0.6) is 0 Å². The Morgan fingerprint density at radius 3 is 2.89 bits per heavy atom. The fraction of sp³-hybridized carbons (Fsp3) is 0.316. The maximum absolute atomic E-state index is 13.9. The zero-order valence-electron chi connectivity index (χ0n) is 14.7. The average Bonchev–Trinajstić information content (AvgIpc) is 3.20. The summed E-state index contributed by atoms with van der Waals surface area (Å²) in [6, 6.07) is 3.11. The van der Waals surface area contributed by atoms with Gasteiger partial charge in [-0.2, -0.15) is 0 Å². The Morgan fingerprint density at radius 2 is 2.15 bits per heavy atom. The molecule has 0 N–H and O–H groups in total. The largest absolute Gasteiger partial charge is 0.453 e. The van der Waals surface area contributed by atoms with Crippen LogP contribution in [0.4, 0.5) is 8.78 Å². The fourth-order valence-electron chi connectivity index (χ4n) is 3.38. The lowest BCUT2D eigenvalue weighted by atomic mass is 10.1. The van der Waals surface area contributed by atoms with E-state index in [4.69, 9.17) is 4.74 Å². The maximum atomic E-state index is 13.9. The van der Waals surface area contributed by atoms with Crippen molar-refractivity contribution in [2.45, 2.75) is 39.3 Å². The lowest BCUT2D eigenvalue weighted by Crippen LogP contribution is -2.20. The van der Waals surface area contributed by atoms with E-state index in [0.717, 1.165) is 42.1 Å². The van der Waals surface area contributed by atoms with Gasteiger partial charge in [0.1, 0.15) is 33.3 Å². The highest BCUT2D eigenvalue weighted by atomic mass is 32.1. The van der Waals surface area contributed by atoms with Crippen molar-refractivity contribution in [3.8, 4) is 0 Å². The molecule has 27 heavy (non-hydrogen) atoms. The molecule has 3 aromatic rings. The second-order valence-corrected chi connectivity index (χ2v) is 7.54. The highest BCUT2D eigenvalue weighted by Crippen LogP contribution is 2.31. The molecule has 2 aromatic heterocycles. The van der Waals surface area contributed by atoms with Gasteiger partial charge in [-0.1, -0.05) is 0 Å². The molecular formula is C19H16F2N2O3S. The highest BCUT2D eigenvalue weighted by molar-refractivity contribution is 7.20. The summed E-state index contributed by atoms with van der Waals surface area (Å²) < 4.78 is 34.0. The van der Waals surface area contributed by atoms with Crippen LogP contribution in [0.2, 0.25) is 0 Å². The van der Waals surface area contributed by atoms with Gasteiger partial charge in [0.15, 0.2) is 0 Å². The van der Waals surface area contributed by atoms with Gasteiger partial charge in [-0.05, 0) is 38.0 Å². The molecule has 0 radical (unpaired) electrons. The monoisotopic (exact) mass is 390 g/mol. The van der Waals surface area contributed by atoms with Crippen molar-refractivity contribution in [2.75, 3.05) is 0 Å². The van der Waals surface area contributed by atoms with Gasteiger partial charge in [-0.15, -0.1) is 11.3 Å². The van der Waals surface area contributed by atoms with E-state index < -0.39 is 23.7 Å². The maximum Gasteiger partial charge on any atom is 0.349 e. The van der Waals surface area contributed by atoms with E-state index in [1.807, 2.05) is 0 Å². The van der Waals surface area contributed by atoms with Crippen LogP contribution in [0.3, 0.4) is 0 Å². The lowest BCUT2D eigenvalue weighted by Gasteiger charge is -2.14. The second-order valence-electron chi connectivity index (χ2n) is 6.54. The van der Waals surface area contributed by atoms with Crippen LogP contribution >= 0.6 is 11.3 Å². The van der Waals surface area contributed by atoms with Crippen molar-refractivity contribution in [1.29, 1.82) is 0 Å². The topological polar surface area (TPSA) is 61.2 Å². The van der Waals surface area contributed by atoms with Gasteiger partial charge in [-0.3, -0.25) is 9.36 Å². The molecule has 0 fully saturated rings. The average molecular weight is 390 g/mol. The van der Waals surface area contributed by atoms with Crippen LogP contribution in [0, 0.1) is 18.6 Å². The number of hydrogen-bond donors (Lipinski definition) is 0. The first-order valence-electron chi connectivity index (χ1n) is 8.55. The molecular weight excluding hydrogens is 374 g/mol. The van der Waals surface area contributed by atoms with E-state index in [-0.39, 0.29) is 16.0 Å². The highest BCUT2D eigenvalue weighted by Gasteiger charge is 2.25. The van der Waals surface area contributed by atoms with E-state index in [2.05, 4.69) is 4.98 Å².